The van der Waals surface area contributed by atoms with Crippen molar-refractivity contribution in [3.63, 3.8) is 0 Å². The van der Waals surface area contributed by atoms with Crippen molar-refractivity contribution in [3.05, 3.63) is 93.4 Å². The molecule has 1 heterocycles. The number of para-hydroxylation sites is 1. The molecule has 3 rings (SSSR count). The summed E-state index contributed by atoms with van der Waals surface area (Å²) < 4.78 is 10.1. The molecule has 1 aromatic heterocycles. The lowest BCUT2D eigenvalue weighted by Crippen LogP contribution is -2.35. The lowest BCUT2D eigenvalue weighted by atomic mass is 10.1. The first-order chi connectivity index (χ1) is 14.5. The zero-order chi connectivity index (χ0) is 21.5. The molecule has 1 atom stereocenters. The molecule has 0 saturated heterocycles. The monoisotopic (exact) mass is 484 g/mol. The van der Waals surface area contributed by atoms with Crippen LogP contribution >= 0.6 is 46.4 Å². The van der Waals surface area contributed by atoms with Gasteiger partial charge in [-0.25, -0.2) is 9.13 Å². The van der Waals surface area contributed by atoms with E-state index in [1.165, 1.54) is 0 Å². The van der Waals surface area contributed by atoms with E-state index in [4.69, 9.17) is 51.1 Å². The van der Waals surface area contributed by atoms with E-state index in [-0.39, 0.29) is 6.10 Å². The van der Waals surface area contributed by atoms with Gasteiger partial charge in [-0.15, -0.1) is 6.58 Å². The van der Waals surface area contributed by atoms with Crippen LogP contribution in [0.5, 0.6) is 0 Å². The van der Waals surface area contributed by atoms with Crippen LogP contribution in [-0.2, 0) is 17.8 Å². The highest BCUT2D eigenvalue weighted by Crippen LogP contribution is 2.30. The van der Waals surface area contributed by atoms with Crippen molar-refractivity contribution < 1.29 is 9.30 Å². The fraction of sp³-hybridized carbons (Fsp3) is 0.227. The molecule has 0 fully saturated rings. The highest BCUT2D eigenvalue weighted by molar-refractivity contribution is 6.39. The van der Waals surface area contributed by atoms with Crippen LogP contribution in [0.15, 0.2) is 67.8 Å². The third kappa shape index (κ3) is 6.16. The molecule has 0 aliphatic carbocycles. The molecule has 2 aromatic carbocycles. The van der Waals surface area contributed by atoms with E-state index in [9.17, 15) is 0 Å². The van der Waals surface area contributed by atoms with Crippen LogP contribution in [0.25, 0.3) is 0 Å². The maximum Gasteiger partial charge on any atom is 0.243 e. The maximum absolute atomic E-state index is 6.39. The second kappa shape index (κ2) is 11.1. The fourth-order valence-corrected chi connectivity index (χ4v) is 4.10. The van der Waals surface area contributed by atoms with Gasteiger partial charge in [0, 0.05) is 15.6 Å². The Kier molecular flexibility index (Phi) is 8.49. The molecule has 3 aromatic rings. The van der Waals surface area contributed by atoms with Gasteiger partial charge in [0.1, 0.15) is 31.6 Å². The van der Waals surface area contributed by atoms with E-state index in [1.54, 1.807) is 12.1 Å². The van der Waals surface area contributed by atoms with Crippen LogP contribution in [0.4, 0.5) is 5.69 Å². The van der Waals surface area contributed by atoms with Crippen LogP contribution < -0.4 is 9.88 Å². The fourth-order valence-electron chi connectivity index (χ4n) is 3.03. The summed E-state index contributed by atoms with van der Waals surface area (Å²) >= 11 is 24.8. The topological polar surface area (TPSA) is 30.1 Å². The molecule has 0 aliphatic rings. The Morgan fingerprint density at radius 1 is 1.10 bits per heavy atom. The minimum atomic E-state index is -0.228. The maximum atomic E-state index is 6.39. The van der Waals surface area contributed by atoms with Crippen LogP contribution in [0.1, 0.15) is 11.7 Å². The van der Waals surface area contributed by atoms with E-state index < -0.39 is 0 Å². The summed E-state index contributed by atoms with van der Waals surface area (Å²) in [5.74, 6) is 0. The summed E-state index contributed by atoms with van der Waals surface area (Å²) in [7, 11) is 0. The van der Waals surface area contributed by atoms with E-state index in [0.29, 0.717) is 39.8 Å². The average Bonchev–Trinajstić information content (AvgIpc) is 3.15. The second-order valence-corrected chi connectivity index (χ2v) is 8.31. The number of imidazole rings is 1. The molecule has 30 heavy (non-hydrogen) atoms. The van der Waals surface area contributed by atoms with Gasteiger partial charge in [0.15, 0.2) is 0 Å². The molecule has 0 amide bonds. The van der Waals surface area contributed by atoms with Gasteiger partial charge in [0.25, 0.3) is 0 Å². The highest BCUT2D eigenvalue weighted by atomic mass is 35.5. The zero-order valence-electron chi connectivity index (χ0n) is 16.2. The third-order valence-corrected chi connectivity index (χ3v) is 5.67. The summed E-state index contributed by atoms with van der Waals surface area (Å²) in [6, 6.07) is 10.9. The smallest absolute Gasteiger partial charge is 0.243 e. The van der Waals surface area contributed by atoms with Gasteiger partial charge in [-0.2, -0.15) is 0 Å². The van der Waals surface area contributed by atoms with E-state index in [2.05, 4.69) is 21.0 Å². The SMILES string of the molecule is C=CCOC(C[n+]1ccn(CCNc2c(Cl)cccc2Cl)c1)c1ccc(Cl)cc1Cl. The van der Waals surface area contributed by atoms with Crippen LogP contribution in [0.3, 0.4) is 0 Å². The van der Waals surface area contributed by atoms with Gasteiger partial charge >= 0.3 is 0 Å². The predicted molar refractivity (Wildman–Crippen MR) is 125 cm³/mol. The number of rotatable bonds is 10. The van der Waals surface area contributed by atoms with Crippen molar-refractivity contribution in [2.75, 3.05) is 18.5 Å². The van der Waals surface area contributed by atoms with Gasteiger partial charge < -0.3 is 10.1 Å². The molecule has 0 saturated carbocycles. The lowest BCUT2D eigenvalue weighted by molar-refractivity contribution is -0.704. The Bertz CT molecular complexity index is 986. The minimum Gasteiger partial charge on any atom is -0.379 e. The normalized spacial score (nSPS) is 12.0. The van der Waals surface area contributed by atoms with Gasteiger partial charge in [-0.05, 0) is 24.3 Å². The molecule has 8 heteroatoms. The molecular weight excluding hydrogens is 464 g/mol. The quantitative estimate of drug-likeness (QED) is 0.264. The number of halogens is 4. The van der Waals surface area contributed by atoms with Crippen LogP contribution in [0.2, 0.25) is 20.1 Å². The Morgan fingerprint density at radius 3 is 2.57 bits per heavy atom. The van der Waals surface area contributed by atoms with Crippen molar-refractivity contribution in [1.29, 1.82) is 0 Å². The summed E-state index contributed by atoms with van der Waals surface area (Å²) in [6.45, 7) is 6.18. The molecule has 4 nitrogen and oxygen atoms in total. The lowest BCUT2D eigenvalue weighted by Gasteiger charge is -2.17. The third-order valence-electron chi connectivity index (χ3n) is 4.48. The largest absolute Gasteiger partial charge is 0.379 e. The number of nitrogens with zero attached hydrogens (tertiary/aromatic N) is 2. The number of ether oxygens (including phenoxy) is 1. The Labute approximate surface area is 196 Å². The first-order valence-electron chi connectivity index (χ1n) is 9.38. The summed E-state index contributed by atoms with van der Waals surface area (Å²) in [6.07, 6.45) is 7.51. The van der Waals surface area contributed by atoms with Gasteiger partial charge in [0.2, 0.25) is 6.33 Å². The van der Waals surface area contributed by atoms with Gasteiger partial charge in [-0.1, -0.05) is 64.6 Å². The van der Waals surface area contributed by atoms with Gasteiger partial charge in [-0.3, -0.25) is 0 Å². The summed E-state index contributed by atoms with van der Waals surface area (Å²) in [5, 5.41) is 5.67. The Hall–Kier alpha value is -1.69. The molecule has 0 bridgehead atoms. The van der Waals surface area contributed by atoms with Crippen LogP contribution in [0, 0.1) is 0 Å². The van der Waals surface area contributed by atoms with E-state index >= 15 is 0 Å². The Balaban J connectivity index is 1.64. The average molecular weight is 486 g/mol. The van der Waals surface area contributed by atoms with E-state index in [1.807, 2.05) is 49.1 Å². The van der Waals surface area contributed by atoms with E-state index in [0.717, 1.165) is 17.8 Å². The first kappa shape index (κ1) is 23.0. The number of aromatic nitrogens is 2. The molecular formula is C22H22Cl4N3O+. The second-order valence-electron chi connectivity index (χ2n) is 6.65. The summed E-state index contributed by atoms with van der Waals surface area (Å²) in [4.78, 5) is 0. The molecule has 0 radical (unpaired) electrons. The number of nitrogens with one attached hydrogen (secondary N) is 1. The molecule has 1 N–H and O–H groups in total. The van der Waals surface area contributed by atoms with Crippen molar-refractivity contribution in [2.45, 2.75) is 19.2 Å². The minimum absolute atomic E-state index is 0.228. The van der Waals surface area contributed by atoms with Crippen LogP contribution in [-0.4, -0.2) is 17.7 Å². The molecule has 1 unspecified atom stereocenters. The van der Waals surface area contributed by atoms with Crippen molar-refractivity contribution in [1.82, 2.24) is 4.57 Å². The highest BCUT2D eigenvalue weighted by Gasteiger charge is 2.19. The number of benzene rings is 2. The standard InChI is InChI=1S/C22H22Cl4N3O/c1-2-12-30-21(17-7-6-16(23)13-20(17)26)14-29-11-10-28(15-29)9-8-27-22-18(24)4-3-5-19(22)25/h2-7,10-11,13,15,21,27H,1,8-9,12,14H2/q+1. The van der Waals surface area contributed by atoms with Gasteiger partial charge in [0.05, 0.1) is 28.9 Å². The van der Waals surface area contributed by atoms with Crippen molar-refractivity contribution in [2.24, 2.45) is 0 Å². The summed E-state index contributed by atoms with van der Waals surface area (Å²) in [5.41, 5.74) is 1.63. The molecule has 0 spiro atoms. The predicted octanol–water partition coefficient (Wildman–Crippen LogP) is 6.45. The van der Waals surface area contributed by atoms with Crippen molar-refractivity contribution in [3.8, 4) is 0 Å². The number of anilines is 1. The first-order valence-corrected chi connectivity index (χ1v) is 10.9. The number of hydrogen-bond donors (Lipinski definition) is 1. The number of hydrogen-bond acceptors (Lipinski definition) is 2. The Morgan fingerprint density at radius 2 is 1.87 bits per heavy atom. The molecule has 0 aliphatic heterocycles. The zero-order valence-corrected chi connectivity index (χ0v) is 19.2. The van der Waals surface area contributed by atoms with Crippen molar-refractivity contribution >= 4 is 52.1 Å². The molecule has 158 valence electrons.